The highest BCUT2D eigenvalue weighted by Crippen LogP contribution is 2.27. The molecule has 1 aromatic heterocycles. The third-order valence-corrected chi connectivity index (χ3v) is 4.03. The van der Waals surface area contributed by atoms with E-state index in [0.29, 0.717) is 6.61 Å². The minimum absolute atomic E-state index is 0.00633. The summed E-state index contributed by atoms with van der Waals surface area (Å²) in [6.07, 6.45) is 2.31. The second kappa shape index (κ2) is 5.56. The van der Waals surface area contributed by atoms with Gasteiger partial charge in [0, 0.05) is 19.7 Å². The Labute approximate surface area is 124 Å². The normalized spacial score (nSPS) is 18.8. The van der Waals surface area contributed by atoms with E-state index in [1.54, 1.807) is 16.2 Å². The van der Waals surface area contributed by atoms with Crippen molar-refractivity contribution in [2.24, 2.45) is 7.05 Å². The Kier molecular flexibility index (Phi) is 3.76. The zero-order valence-electron chi connectivity index (χ0n) is 12.8. The van der Waals surface area contributed by atoms with Gasteiger partial charge in [-0.1, -0.05) is 6.07 Å². The summed E-state index contributed by atoms with van der Waals surface area (Å²) in [6, 6.07) is 5.94. The molecule has 0 spiro atoms. The number of aryl methyl sites for hydroxylation is 1. The molecule has 0 unspecified atom stereocenters. The molecule has 1 aliphatic heterocycles. The molecule has 0 amide bonds. The van der Waals surface area contributed by atoms with Gasteiger partial charge in [-0.25, -0.2) is 4.79 Å². The van der Waals surface area contributed by atoms with Crippen molar-refractivity contribution in [2.75, 3.05) is 13.2 Å². The highest BCUT2D eigenvalue weighted by atomic mass is 16.5. The molecule has 5 nitrogen and oxygen atoms in total. The topological polar surface area (TPSA) is 45.4 Å². The molecule has 0 bridgehead atoms. The number of nitrogens with zero attached hydrogens (tertiary/aromatic N) is 2. The van der Waals surface area contributed by atoms with Crippen LogP contribution in [0.15, 0.2) is 23.0 Å². The second-order valence-corrected chi connectivity index (χ2v) is 5.88. The lowest BCUT2D eigenvalue weighted by atomic mass is 10.2. The zero-order valence-corrected chi connectivity index (χ0v) is 12.8. The van der Waals surface area contributed by atoms with Gasteiger partial charge < -0.3 is 9.47 Å². The van der Waals surface area contributed by atoms with E-state index in [2.05, 4.69) is 0 Å². The van der Waals surface area contributed by atoms with Crippen LogP contribution < -0.4 is 10.4 Å². The van der Waals surface area contributed by atoms with Crippen molar-refractivity contribution in [1.29, 1.82) is 0 Å². The summed E-state index contributed by atoms with van der Waals surface area (Å²) in [5, 5.41) is 0. The first-order valence-electron chi connectivity index (χ1n) is 7.54. The van der Waals surface area contributed by atoms with E-state index in [9.17, 15) is 4.79 Å². The SMILES string of the molecule is CC(C)n1c(=O)n(C)c2c(OC[C@H]3CCCO3)cccc21. The van der Waals surface area contributed by atoms with Crippen LogP contribution >= 0.6 is 0 Å². The van der Waals surface area contributed by atoms with Crippen LogP contribution in [0.5, 0.6) is 5.75 Å². The molecule has 114 valence electrons. The van der Waals surface area contributed by atoms with Crippen molar-refractivity contribution in [3.05, 3.63) is 28.7 Å². The number of benzene rings is 1. The summed E-state index contributed by atoms with van der Waals surface area (Å²) in [5.74, 6) is 0.752. The Morgan fingerprint density at radius 1 is 1.43 bits per heavy atom. The molecule has 1 saturated heterocycles. The van der Waals surface area contributed by atoms with Crippen molar-refractivity contribution >= 4 is 11.0 Å². The summed E-state index contributed by atoms with van der Waals surface area (Å²) in [6.45, 7) is 5.39. The molecule has 3 rings (SSSR count). The molecular weight excluding hydrogens is 268 g/mol. The maximum Gasteiger partial charge on any atom is 0.329 e. The summed E-state index contributed by atoms with van der Waals surface area (Å²) in [7, 11) is 1.79. The van der Waals surface area contributed by atoms with Gasteiger partial charge in [0.15, 0.2) is 0 Å². The van der Waals surface area contributed by atoms with Gasteiger partial charge in [0.2, 0.25) is 0 Å². The predicted molar refractivity (Wildman–Crippen MR) is 82.0 cm³/mol. The van der Waals surface area contributed by atoms with Gasteiger partial charge in [-0.15, -0.1) is 0 Å². The standard InChI is InChI=1S/C16H22N2O3/c1-11(2)18-13-7-4-8-14(15(13)17(3)16(18)19)21-10-12-6-5-9-20-12/h4,7-8,11-12H,5-6,9-10H2,1-3H3/t12-/m1/s1. The first kappa shape index (κ1) is 14.2. The number of rotatable bonds is 4. The van der Waals surface area contributed by atoms with E-state index in [1.165, 1.54) is 0 Å². The zero-order chi connectivity index (χ0) is 15.0. The molecule has 0 saturated carbocycles. The Balaban J connectivity index is 1.99. The number of fused-ring (bicyclic) bond motifs is 1. The lowest BCUT2D eigenvalue weighted by Gasteiger charge is -2.13. The van der Waals surface area contributed by atoms with E-state index in [0.717, 1.165) is 36.2 Å². The third-order valence-electron chi connectivity index (χ3n) is 4.03. The van der Waals surface area contributed by atoms with Crippen molar-refractivity contribution in [2.45, 2.75) is 38.8 Å². The lowest BCUT2D eigenvalue weighted by Crippen LogP contribution is -2.23. The summed E-state index contributed by atoms with van der Waals surface area (Å²) in [4.78, 5) is 12.4. The van der Waals surface area contributed by atoms with E-state index < -0.39 is 0 Å². The fourth-order valence-electron chi connectivity index (χ4n) is 2.98. The summed E-state index contributed by atoms with van der Waals surface area (Å²) < 4.78 is 15.0. The van der Waals surface area contributed by atoms with Crippen LogP contribution in [0.3, 0.4) is 0 Å². The van der Waals surface area contributed by atoms with Crippen LogP contribution in [0.25, 0.3) is 11.0 Å². The van der Waals surface area contributed by atoms with Crippen LogP contribution in [-0.2, 0) is 11.8 Å². The van der Waals surface area contributed by atoms with Gasteiger partial charge in [-0.05, 0) is 38.8 Å². The van der Waals surface area contributed by atoms with Crippen LogP contribution in [0.2, 0.25) is 0 Å². The second-order valence-electron chi connectivity index (χ2n) is 5.88. The van der Waals surface area contributed by atoms with Crippen molar-refractivity contribution in [3.63, 3.8) is 0 Å². The minimum Gasteiger partial charge on any atom is -0.489 e. The Morgan fingerprint density at radius 3 is 2.90 bits per heavy atom. The smallest absolute Gasteiger partial charge is 0.329 e. The maximum absolute atomic E-state index is 12.4. The molecule has 0 aliphatic carbocycles. The maximum atomic E-state index is 12.4. The first-order valence-corrected chi connectivity index (χ1v) is 7.54. The van der Waals surface area contributed by atoms with Gasteiger partial charge >= 0.3 is 5.69 Å². The average Bonchev–Trinajstić information content (AvgIpc) is 3.05. The van der Waals surface area contributed by atoms with Gasteiger partial charge in [-0.2, -0.15) is 0 Å². The highest BCUT2D eigenvalue weighted by molar-refractivity contribution is 5.82. The first-order chi connectivity index (χ1) is 10.1. The average molecular weight is 290 g/mol. The van der Waals surface area contributed by atoms with E-state index in [1.807, 2.05) is 32.0 Å². The van der Waals surface area contributed by atoms with Crippen LogP contribution in [0.1, 0.15) is 32.7 Å². The number of imidazole rings is 1. The Hall–Kier alpha value is -1.75. The van der Waals surface area contributed by atoms with Crippen molar-refractivity contribution < 1.29 is 9.47 Å². The molecule has 21 heavy (non-hydrogen) atoms. The van der Waals surface area contributed by atoms with E-state index in [4.69, 9.17) is 9.47 Å². The van der Waals surface area contributed by atoms with Crippen LogP contribution in [-0.4, -0.2) is 28.5 Å². The molecule has 1 fully saturated rings. The van der Waals surface area contributed by atoms with Gasteiger partial charge in [0.05, 0.1) is 11.6 Å². The molecule has 1 atom stereocenters. The number of hydrogen-bond acceptors (Lipinski definition) is 3. The molecule has 0 radical (unpaired) electrons. The highest BCUT2D eigenvalue weighted by Gasteiger charge is 2.19. The van der Waals surface area contributed by atoms with E-state index in [-0.39, 0.29) is 17.8 Å². The lowest BCUT2D eigenvalue weighted by molar-refractivity contribution is 0.0684. The Morgan fingerprint density at radius 2 is 2.24 bits per heavy atom. The fraction of sp³-hybridized carbons (Fsp3) is 0.562. The minimum atomic E-state index is -0.00633. The van der Waals surface area contributed by atoms with Gasteiger partial charge in [-0.3, -0.25) is 9.13 Å². The number of para-hydroxylation sites is 1. The fourth-order valence-corrected chi connectivity index (χ4v) is 2.98. The Bertz CT molecular complexity index is 693. The van der Waals surface area contributed by atoms with Crippen LogP contribution in [0.4, 0.5) is 0 Å². The molecule has 1 aromatic carbocycles. The largest absolute Gasteiger partial charge is 0.489 e. The van der Waals surface area contributed by atoms with Gasteiger partial charge in [0.25, 0.3) is 0 Å². The molecule has 5 heteroatoms. The third kappa shape index (κ3) is 2.46. The predicted octanol–water partition coefficient (Wildman–Crippen LogP) is 2.48. The summed E-state index contributed by atoms with van der Waals surface area (Å²) in [5.41, 5.74) is 1.77. The summed E-state index contributed by atoms with van der Waals surface area (Å²) >= 11 is 0. The van der Waals surface area contributed by atoms with E-state index >= 15 is 0 Å². The quantitative estimate of drug-likeness (QED) is 0.869. The molecule has 2 aromatic rings. The number of hydrogen-bond donors (Lipinski definition) is 0. The monoisotopic (exact) mass is 290 g/mol. The van der Waals surface area contributed by atoms with Crippen molar-refractivity contribution in [3.8, 4) is 5.75 Å². The number of ether oxygens (including phenoxy) is 2. The molecule has 1 aliphatic rings. The van der Waals surface area contributed by atoms with Gasteiger partial charge in [0.1, 0.15) is 17.9 Å². The molecular formula is C16H22N2O3. The number of aromatic nitrogens is 2. The molecule has 0 N–H and O–H groups in total. The van der Waals surface area contributed by atoms with Crippen LogP contribution in [0, 0.1) is 0 Å². The molecule has 2 heterocycles. The van der Waals surface area contributed by atoms with Crippen molar-refractivity contribution in [1.82, 2.24) is 9.13 Å².